The van der Waals surface area contributed by atoms with Gasteiger partial charge in [-0.05, 0) is 19.1 Å². The molecule has 2 aromatic rings. The van der Waals surface area contributed by atoms with Gasteiger partial charge in [0.25, 0.3) is 0 Å². The van der Waals surface area contributed by atoms with Crippen LogP contribution in [0.3, 0.4) is 0 Å². The number of nitrogens with zero attached hydrogens (tertiary/aromatic N) is 3. The molecule has 3 rings (SSSR count). The third-order valence-electron chi connectivity index (χ3n) is 1.92. The maximum absolute atomic E-state index is 5.33. The molecule has 1 aliphatic heterocycles. The van der Waals surface area contributed by atoms with Crippen LogP contribution in [0.4, 0.5) is 11.4 Å². The normalized spacial score (nSPS) is 10.3. The molecule has 1 aliphatic rings. The first-order chi connectivity index (χ1) is 7.92. The van der Waals surface area contributed by atoms with Crippen molar-refractivity contribution in [1.82, 2.24) is 15.0 Å². The van der Waals surface area contributed by atoms with E-state index in [0.717, 1.165) is 18.0 Å². The maximum atomic E-state index is 5.33. The second kappa shape index (κ2) is 5.06. The lowest BCUT2D eigenvalue weighted by Gasteiger charge is -1.98. The molecule has 1 aromatic carbocycles. The van der Waals surface area contributed by atoms with Crippen molar-refractivity contribution in [1.29, 1.82) is 0 Å². The summed E-state index contributed by atoms with van der Waals surface area (Å²) in [6.45, 7) is 2.72. The van der Waals surface area contributed by atoms with Crippen molar-refractivity contribution in [3.63, 3.8) is 0 Å². The maximum Gasteiger partial charge on any atom is 0.144 e. The van der Waals surface area contributed by atoms with Crippen LogP contribution >= 0.6 is 0 Å². The Balaban J connectivity index is 0.000000138. The Morgan fingerprint density at radius 1 is 1.12 bits per heavy atom. The zero-order valence-corrected chi connectivity index (χ0v) is 8.92. The SMILES string of the molecule is CCOc1cccc2c1N2.c1ncncn1. The highest BCUT2D eigenvalue weighted by Crippen LogP contribution is 2.46. The topological polar surface area (TPSA) is 69.8 Å². The van der Waals surface area contributed by atoms with E-state index < -0.39 is 0 Å². The van der Waals surface area contributed by atoms with Gasteiger partial charge in [-0.3, -0.25) is 0 Å². The number of fused-ring (bicyclic) bond motifs is 1. The summed E-state index contributed by atoms with van der Waals surface area (Å²) in [6, 6.07) is 6.00. The van der Waals surface area contributed by atoms with Crippen LogP contribution in [0.1, 0.15) is 6.92 Å². The zero-order chi connectivity index (χ0) is 11.2. The Bertz CT molecular complexity index is 420. The Labute approximate surface area is 93.5 Å². The lowest BCUT2D eigenvalue weighted by atomic mass is 10.3. The van der Waals surface area contributed by atoms with E-state index in [2.05, 4.69) is 20.3 Å². The molecule has 2 heterocycles. The summed E-state index contributed by atoms with van der Waals surface area (Å²) in [5, 5.41) is 3.12. The van der Waals surface area contributed by atoms with Gasteiger partial charge in [-0.2, -0.15) is 0 Å². The molecule has 0 unspecified atom stereocenters. The second-order valence-corrected chi connectivity index (χ2v) is 3.03. The summed E-state index contributed by atoms with van der Waals surface area (Å²) in [6.07, 6.45) is 4.31. The minimum absolute atomic E-state index is 0.734. The highest BCUT2D eigenvalue weighted by molar-refractivity contribution is 5.94. The van der Waals surface area contributed by atoms with E-state index in [1.165, 1.54) is 24.7 Å². The summed E-state index contributed by atoms with van der Waals surface area (Å²) in [5.41, 5.74) is 2.36. The summed E-state index contributed by atoms with van der Waals surface area (Å²) in [7, 11) is 0. The van der Waals surface area contributed by atoms with E-state index in [1.54, 1.807) is 0 Å². The predicted octanol–water partition coefficient (Wildman–Crippen LogP) is 2.01. The molecule has 1 N–H and O–H groups in total. The van der Waals surface area contributed by atoms with Crippen molar-refractivity contribution in [2.45, 2.75) is 6.92 Å². The summed E-state index contributed by atoms with van der Waals surface area (Å²) in [4.78, 5) is 10.7. The summed E-state index contributed by atoms with van der Waals surface area (Å²) < 4.78 is 5.33. The van der Waals surface area contributed by atoms with Gasteiger partial charge in [0.1, 0.15) is 30.4 Å². The quantitative estimate of drug-likeness (QED) is 0.663. The molecule has 0 aliphatic carbocycles. The summed E-state index contributed by atoms with van der Waals surface area (Å²) in [5.74, 6) is 0.972. The van der Waals surface area contributed by atoms with E-state index in [-0.39, 0.29) is 0 Å². The monoisotopic (exact) mass is 216 g/mol. The van der Waals surface area contributed by atoms with Gasteiger partial charge in [0, 0.05) is 0 Å². The van der Waals surface area contributed by atoms with Gasteiger partial charge in [0.15, 0.2) is 0 Å². The number of rotatable bonds is 2. The molecular weight excluding hydrogens is 204 g/mol. The average molecular weight is 216 g/mol. The van der Waals surface area contributed by atoms with E-state index in [1.807, 2.05) is 25.1 Å². The van der Waals surface area contributed by atoms with Crippen LogP contribution in [0.15, 0.2) is 37.2 Å². The van der Waals surface area contributed by atoms with Crippen LogP contribution in [-0.4, -0.2) is 21.6 Å². The van der Waals surface area contributed by atoms with Crippen LogP contribution in [-0.2, 0) is 0 Å². The lowest BCUT2D eigenvalue weighted by molar-refractivity contribution is 0.343. The van der Waals surface area contributed by atoms with Gasteiger partial charge in [-0.15, -0.1) is 0 Å². The number of hydrogen-bond donors (Lipinski definition) is 1. The average Bonchev–Trinajstić information content (AvgIpc) is 3.13. The molecule has 0 saturated heterocycles. The van der Waals surface area contributed by atoms with Crippen LogP contribution in [0.5, 0.6) is 5.75 Å². The zero-order valence-electron chi connectivity index (χ0n) is 8.92. The van der Waals surface area contributed by atoms with E-state index in [0.29, 0.717) is 0 Å². The van der Waals surface area contributed by atoms with E-state index >= 15 is 0 Å². The Morgan fingerprint density at radius 2 is 1.81 bits per heavy atom. The van der Waals surface area contributed by atoms with Crippen LogP contribution < -0.4 is 10.1 Å². The summed E-state index contributed by atoms with van der Waals surface area (Å²) >= 11 is 0. The third kappa shape index (κ3) is 2.66. The molecule has 0 radical (unpaired) electrons. The van der Waals surface area contributed by atoms with Crippen LogP contribution in [0.2, 0.25) is 0 Å². The Morgan fingerprint density at radius 3 is 2.38 bits per heavy atom. The molecule has 82 valence electrons. The fourth-order valence-electron chi connectivity index (χ4n) is 1.22. The van der Waals surface area contributed by atoms with Gasteiger partial charge in [0.05, 0.1) is 12.3 Å². The number of aromatic nitrogens is 3. The van der Waals surface area contributed by atoms with Crippen molar-refractivity contribution in [3.8, 4) is 5.75 Å². The molecule has 16 heavy (non-hydrogen) atoms. The lowest BCUT2D eigenvalue weighted by Crippen LogP contribution is -1.88. The van der Waals surface area contributed by atoms with Crippen molar-refractivity contribution in [2.75, 3.05) is 11.9 Å². The molecule has 0 atom stereocenters. The minimum atomic E-state index is 0.734. The molecule has 0 fully saturated rings. The van der Waals surface area contributed by atoms with E-state index in [9.17, 15) is 0 Å². The molecule has 0 bridgehead atoms. The Hall–Kier alpha value is -2.17. The van der Waals surface area contributed by atoms with Crippen LogP contribution in [0.25, 0.3) is 0 Å². The number of nitrogens with one attached hydrogen (secondary N) is 1. The van der Waals surface area contributed by atoms with E-state index in [4.69, 9.17) is 4.74 Å². The van der Waals surface area contributed by atoms with Gasteiger partial charge < -0.3 is 10.1 Å². The predicted molar refractivity (Wildman–Crippen MR) is 60.7 cm³/mol. The number of hydrogen-bond acceptors (Lipinski definition) is 5. The highest BCUT2D eigenvalue weighted by atomic mass is 16.5. The Kier molecular flexibility index (Phi) is 3.28. The largest absolute Gasteiger partial charge is 0.492 e. The molecule has 5 nitrogen and oxygen atoms in total. The van der Waals surface area contributed by atoms with Gasteiger partial charge in [-0.25, -0.2) is 15.0 Å². The van der Waals surface area contributed by atoms with Gasteiger partial charge in [-0.1, -0.05) is 6.07 Å². The first kappa shape index (κ1) is 10.4. The smallest absolute Gasteiger partial charge is 0.144 e. The van der Waals surface area contributed by atoms with Crippen molar-refractivity contribution >= 4 is 11.4 Å². The number of anilines is 2. The van der Waals surface area contributed by atoms with Gasteiger partial charge >= 0.3 is 0 Å². The second-order valence-electron chi connectivity index (χ2n) is 3.03. The third-order valence-corrected chi connectivity index (χ3v) is 1.92. The number of ether oxygens (including phenoxy) is 1. The first-order valence-corrected chi connectivity index (χ1v) is 4.99. The van der Waals surface area contributed by atoms with Crippen molar-refractivity contribution in [3.05, 3.63) is 37.2 Å². The fourth-order valence-corrected chi connectivity index (χ4v) is 1.22. The van der Waals surface area contributed by atoms with Crippen molar-refractivity contribution < 1.29 is 4.74 Å². The molecule has 1 aromatic heterocycles. The molecule has 0 saturated carbocycles. The highest BCUT2D eigenvalue weighted by Gasteiger charge is 2.19. The minimum Gasteiger partial charge on any atom is -0.492 e. The molecule has 0 spiro atoms. The molecule has 0 amide bonds. The standard InChI is InChI=1S/C8H9NO.C3H3N3/c1-2-10-7-5-3-4-6-8(7)9-6;1-4-2-6-3-5-1/h3-5,9H,2H2,1H3;1-3H. The van der Waals surface area contributed by atoms with Crippen molar-refractivity contribution in [2.24, 2.45) is 0 Å². The first-order valence-electron chi connectivity index (χ1n) is 4.99. The number of para-hydroxylation sites is 1. The number of benzene rings is 1. The fraction of sp³-hybridized carbons (Fsp3) is 0.182. The molecule has 5 heteroatoms. The molecular formula is C11H12N4O. The van der Waals surface area contributed by atoms with Gasteiger partial charge in [0.2, 0.25) is 0 Å². The van der Waals surface area contributed by atoms with Crippen LogP contribution in [0, 0.1) is 0 Å².